The Labute approximate surface area is 107 Å². The highest BCUT2D eigenvalue weighted by Crippen LogP contribution is 2.25. The Kier molecular flexibility index (Phi) is 4.74. The van der Waals surface area contributed by atoms with E-state index in [1.165, 1.54) is 18.0 Å². The second kappa shape index (κ2) is 6.31. The maximum Gasteiger partial charge on any atom is 0.202 e. The summed E-state index contributed by atoms with van der Waals surface area (Å²) in [5.41, 5.74) is 0. The first-order chi connectivity index (χ1) is 8.29. The molecule has 2 N–H and O–H groups in total. The highest BCUT2D eigenvalue weighted by Gasteiger charge is 2.22. The molecule has 2 rings (SSSR count). The molecule has 1 fully saturated rings. The first-order valence-corrected chi connectivity index (χ1v) is 7.31. The van der Waals surface area contributed by atoms with Gasteiger partial charge in [0.05, 0.1) is 6.10 Å². The molecule has 0 radical (unpaired) electrons. The van der Waals surface area contributed by atoms with Crippen molar-refractivity contribution in [2.75, 3.05) is 11.9 Å². The second-order valence-corrected chi connectivity index (χ2v) is 5.51. The molecule has 1 aliphatic carbocycles. The molecule has 96 valence electrons. The molecule has 0 saturated heterocycles. The van der Waals surface area contributed by atoms with Crippen molar-refractivity contribution in [2.45, 2.75) is 51.6 Å². The van der Waals surface area contributed by atoms with Gasteiger partial charge in [-0.15, -0.1) is 0 Å². The number of nitrogens with one attached hydrogen (secondary N) is 1. The molecule has 1 heterocycles. The third-order valence-electron chi connectivity index (χ3n) is 3.33. The van der Waals surface area contributed by atoms with Crippen molar-refractivity contribution < 1.29 is 5.11 Å². The van der Waals surface area contributed by atoms with Crippen molar-refractivity contribution in [3.8, 4) is 0 Å². The summed E-state index contributed by atoms with van der Waals surface area (Å²) in [7, 11) is 0. The molecule has 1 saturated carbocycles. The molecule has 1 aliphatic rings. The zero-order valence-corrected chi connectivity index (χ0v) is 11.2. The van der Waals surface area contributed by atoms with E-state index in [2.05, 4.69) is 21.6 Å². The summed E-state index contributed by atoms with van der Waals surface area (Å²) in [5.74, 6) is 1.31. The number of anilines is 1. The highest BCUT2D eigenvalue weighted by atomic mass is 32.1. The zero-order chi connectivity index (χ0) is 12.1. The lowest BCUT2D eigenvalue weighted by Gasteiger charge is -2.27. The van der Waals surface area contributed by atoms with Gasteiger partial charge in [-0.2, -0.15) is 4.37 Å². The van der Waals surface area contributed by atoms with E-state index in [1.54, 1.807) is 0 Å². The molecule has 1 aromatic rings. The average molecular weight is 255 g/mol. The van der Waals surface area contributed by atoms with Gasteiger partial charge in [-0.3, -0.25) is 0 Å². The number of hydrogen-bond donors (Lipinski definition) is 2. The fraction of sp³-hybridized carbons (Fsp3) is 0.833. The van der Waals surface area contributed by atoms with Gasteiger partial charge < -0.3 is 10.4 Å². The molecule has 0 spiro atoms. The third-order valence-corrected chi connectivity index (χ3v) is 4.04. The molecule has 2 unspecified atom stereocenters. The minimum Gasteiger partial charge on any atom is -0.393 e. The third kappa shape index (κ3) is 3.64. The van der Waals surface area contributed by atoms with Crippen LogP contribution in [0.4, 0.5) is 5.13 Å². The second-order valence-electron chi connectivity index (χ2n) is 4.76. The minimum absolute atomic E-state index is 0.140. The topological polar surface area (TPSA) is 58.0 Å². The molecule has 2 atom stereocenters. The molecule has 0 bridgehead atoms. The van der Waals surface area contributed by atoms with Crippen molar-refractivity contribution in [3.05, 3.63) is 5.82 Å². The lowest BCUT2D eigenvalue weighted by Crippen LogP contribution is -2.30. The molecular formula is C12H21N3OS. The van der Waals surface area contributed by atoms with Crippen LogP contribution in [-0.2, 0) is 6.42 Å². The molecule has 1 aromatic heterocycles. The van der Waals surface area contributed by atoms with E-state index < -0.39 is 0 Å². The maximum atomic E-state index is 9.86. The summed E-state index contributed by atoms with van der Waals surface area (Å²) in [4.78, 5) is 4.42. The Balaban J connectivity index is 1.79. The summed E-state index contributed by atoms with van der Waals surface area (Å²) in [6.07, 6.45) is 6.36. The van der Waals surface area contributed by atoms with E-state index in [1.807, 2.05) is 0 Å². The van der Waals surface area contributed by atoms with Crippen molar-refractivity contribution in [2.24, 2.45) is 5.92 Å². The van der Waals surface area contributed by atoms with Gasteiger partial charge in [0.2, 0.25) is 5.13 Å². The van der Waals surface area contributed by atoms with Gasteiger partial charge in [0.1, 0.15) is 5.82 Å². The van der Waals surface area contributed by atoms with Gasteiger partial charge in [0, 0.05) is 30.4 Å². The van der Waals surface area contributed by atoms with Gasteiger partial charge in [-0.25, -0.2) is 4.98 Å². The van der Waals surface area contributed by atoms with Crippen LogP contribution in [0.2, 0.25) is 0 Å². The smallest absolute Gasteiger partial charge is 0.202 e. The molecule has 4 nitrogen and oxygen atoms in total. The van der Waals surface area contributed by atoms with Crippen LogP contribution in [-0.4, -0.2) is 27.1 Å². The van der Waals surface area contributed by atoms with E-state index in [0.717, 1.165) is 49.6 Å². The van der Waals surface area contributed by atoms with E-state index in [0.29, 0.717) is 5.92 Å². The fourth-order valence-electron chi connectivity index (χ4n) is 2.30. The number of rotatable bonds is 5. The zero-order valence-electron chi connectivity index (χ0n) is 10.4. The minimum atomic E-state index is -0.140. The van der Waals surface area contributed by atoms with E-state index in [-0.39, 0.29) is 6.10 Å². The van der Waals surface area contributed by atoms with Crippen LogP contribution in [0, 0.1) is 5.92 Å². The van der Waals surface area contributed by atoms with Gasteiger partial charge in [0.25, 0.3) is 0 Å². The van der Waals surface area contributed by atoms with Crippen LogP contribution in [0.3, 0.4) is 0 Å². The van der Waals surface area contributed by atoms with Crippen LogP contribution in [0.1, 0.15) is 44.9 Å². The lowest BCUT2D eigenvalue weighted by atomic mass is 9.86. The maximum absolute atomic E-state index is 9.86. The molecule has 5 heteroatoms. The summed E-state index contributed by atoms with van der Waals surface area (Å²) < 4.78 is 4.29. The monoisotopic (exact) mass is 255 g/mol. The number of nitrogens with zero attached hydrogens (tertiary/aromatic N) is 2. The Morgan fingerprint density at radius 1 is 1.41 bits per heavy atom. The summed E-state index contributed by atoms with van der Waals surface area (Å²) >= 11 is 1.43. The predicted molar refractivity (Wildman–Crippen MR) is 70.4 cm³/mol. The van der Waals surface area contributed by atoms with Crippen LogP contribution < -0.4 is 5.32 Å². The normalized spacial score (nSPS) is 24.8. The Morgan fingerprint density at radius 3 is 3.00 bits per heavy atom. The van der Waals surface area contributed by atoms with Crippen molar-refractivity contribution in [1.82, 2.24) is 9.36 Å². The van der Waals surface area contributed by atoms with E-state index in [9.17, 15) is 5.11 Å². The summed E-state index contributed by atoms with van der Waals surface area (Å²) in [6.45, 7) is 2.95. The van der Waals surface area contributed by atoms with Crippen molar-refractivity contribution in [3.63, 3.8) is 0 Å². The van der Waals surface area contributed by atoms with E-state index in [4.69, 9.17) is 0 Å². The quantitative estimate of drug-likeness (QED) is 0.848. The Hall–Kier alpha value is -0.680. The molecule has 0 aliphatic heterocycles. The number of aromatic nitrogens is 2. The lowest BCUT2D eigenvalue weighted by molar-refractivity contribution is 0.0763. The number of hydrogen-bond acceptors (Lipinski definition) is 5. The first-order valence-electron chi connectivity index (χ1n) is 6.54. The number of aryl methyl sites for hydroxylation is 1. The van der Waals surface area contributed by atoms with Gasteiger partial charge in [0.15, 0.2) is 0 Å². The summed E-state index contributed by atoms with van der Waals surface area (Å²) in [6, 6.07) is 0. The van der Waals surface area contributed by atoms with Crippen LogP contribution in [0.25, 0.3) is 0 Å². The van der Waals surface area contributed by atoms with Gasteiger partial charge >= 0.3 is 0 Å². The van der Waals surface area contributed by atoms with Gasteiger partial charge in [-0.1, -0.05) is 19.8 Å². The van der Waals surface area contributed by atoms with Gasteiger partial charge in [-0.05, 0) is 19.3 Å². The van der Waals surface area contributed by atoms with E-state index >= 15 is 0 Å². The van der Waals surface area contributed by atoms with Crippen LogP contribution >= 0.6 is 11.5 Å². The molecule has 0 aromatic carbocycles. The highest BCUT2D eigenvalue weighted by molar-refractivity contribution is 7.09. The standard InChI is InChI=1S/C12H21N3OS/c1-2-5-11-14-12(17-15-11)13-8-9-6-3-4-7-10(9)16/h9-10,16H,2-8H2,1H3,(H,13,14,15). The Bertz CT molecular complexity index is 342. The van der Waals surface area contributed by atoms with Crippen LogP contribution in [0.15, 0.2) is 0 Å². The molecule has 17 heavy (non-hydrogen) atoms. The predicted octanol–water partition coefficient (Wildman–Crippen LogP) is 2.45. The SMILES string of the molecule is CCCc1nsc(NCC2CCCCC2O)n1. The molecular weight excluding hydrogens is 234 g/mol. The fourth-order valence-corrected chi connectivity index (χ4v) is 2.91. The average Bonchev–Trinajstić information content (AvgIpc) is 2.76. The Morgan fingerprint density at radius 2 is 2.24 bits per heavy atom. The summed E-state index contributed by atoms with van der Waals surface area (Å²) in [5, 5.41) is 14.1. The van der Waals surface area contributed by atoms with Crippen LogP contribution in [0.5, 0.6) is 0 Å². The first kappa shape index (κ1) is 12.8. The molecule has 0 amide bonds. The number of aliphatic hydroxyl groups is 1. The van der Waals surface area contributed by atoms with Crippen molar-refractivity contribution in [1.29, 1.82) is 0 Å². The number of aliphatic hydroxyl groups excluding tert-OH is 1. The largest absolute Gasteiger partial charge is 0.393 e. The van der Waals surface area contributed by atoms with Crippen molar-refractivity contribution >= 4 is 16.7 Å².